The van der Waals surface area contributed by atoms with Gasteiger partial charge in [-0.05, 0) is 45.7 Å². The fourth-order valence-corrected chi connectivity index (χ4v) is 4.92. The number of morpholine rings is 1. The summed E-state index contributed by atoms with van der Waals surface area (Å²) in [7, 11) is 0. The number of thiophene rings is 1. The zero-order valence-corrected chi connectivity index (χ0v) is 19.1. The van der Waals surface area contributed by atoms with Gasteiger partial charge < -0.3 is 14.8 Å². The van der Waals surface area contributed by atoms with Gasteiger partial charge in [-0.15, -0.1) is 11.3 Å². The molecule has 1 amide bonds. The predicted molar refractivity (Wildman–Crippen MR) is 120 cm³/mol. The number of ether oxygens (including phenoxy) is 2. The summed E-state index contributed by atoms with van der Waals surface area (Å²) < 4.78 is 11.0. The Morgan fingerprint density at radius 1 is 1.20 bits per heavy atom. The maximum absolute atomic E-state index is 12.8. The van der Waals surface area contributed by atoms with Crippen LogP contribution in [0, 0.1) is 13.8 Å². The van der Waals surface area contributed by atoms with Gasteiger partial charge in [-0.1, -0.05) is 23.8 Å². The standard InChI is InChI=1S/C23H30N2O4S/c1-6-28-23(27)21-19(18-8-7-14(2)9-15(18)3)13-30-22(21)24-20(26)12-25-10-16(4)29-17(5)11-25/h7-9,13,16-17H,6,10-12H2,1-5H3,(H,24,26)/t16-,17-/m1/s1. The molecule has 2 aromatic rings. The summed E-state index contributed by atoms with van der Waals surface area (Å²) in [5.74, 6) is -0.562. The third kappa shape index (κ3) is 5.28. The van der Waals surface area contributed by atoms with E-state index in [1.54, 1.807) is 6.92 Å². The third-order valence-corrected chi connectivity index (χ3v) is 5.95. The van der Waals surface area contributed by atoms with Crippen molar-refractivity contribution in [3.8, 4) is 11.1 Å². The van der Waals surface area contributed by atoms with Crippen LogP contribution in [0.4, 0.5) is 5.00 Å². The van der Waals surface area contributed by atoms with E-state index in [0.29, 0.717) is 23.7 Å². The van der Waals surface area contributed by atoms with Gasteiger partial charge in [0.25, 0.3) is 0 Å². The molecular weight excluding hydrogens is 400 g/mol. The van der Waals surface area contributed by atoms with E-state index in [1.807, 2.05) is 45.2 Å². The quantitative estimate of drug-likeness (QED) is 0.694. The Balaban J connectivity index is 1.84. The molecule has 0 radical (unpaired) electrons. The number of hydrogen-bond acceptors (Lipinski definition) is 6. The van der Waals surface area contributed by atoms with Crippen molar-refractivity contribution in [2.24, 2.45) is 0 Å². The fourth-order valence-electron chi connectivity index (χ4n) is 3.95. The second kappa shape index (κ2) is 9.73. The van der Waals surface area contributed by atoms with Gasteiger partial charge in [0, 0.05) is 24.0 Å². The van der Waals surface area contributed by atoms with Crippen LogP contribution >= 0.6 is 11.3 Å². The van der Waals surface area contributed by atoms with Gasteiger partial charge in [-0.25, -0.2) is 4.79 Å². The molecule has 2 atom stereocenters. The number of nitrogens with zero attached hydrogens (tertiary/aromatic N) is 1. The van der Waals surface area contributed by atoms with Gasteiger partial charge in [-0.3, -0.25) is 9.69 Å². The molecule has 7 heteroatoms. The minimum atomic E-state index is -0.419. The van der Waals surface area contributed by atoms with Crippen molar-refractivity contribution in [3.05, 3.63) is 40.3 Å². The average molecular weight is 431 g/mol. The molecule has 1 aromatic carbocycles. The highest BCUT2D eigenvalue weighted by Gasteiger charge is 2.26. The Kier molecular flexibility index (Phi) is 7.28. The number of amides is 1. The summed E-state index contributed by atoms with van der Waals surface area (Å²) in [6, 6.07) is 6.12. The molecule has 6 nitrogen and oxygen atoms in total. The molecule has 162 valence electrons. The van der Waals surface area contributed by atoms with E-state index in [-0.39, 0.29) is 31.3 Å². The molecule has 0 saturated carbocycles. The van der Waals surface area contributed by atoms with Crippen LogP contribution < -0.4 is 5.32 Å². The Morgan fingerprint density at radius 2 is 1.90 bits per heavy atom. The van der Waals surface area contributed by atoms with Gasteiger partial charge in [0.15, 0.2) is 0 Å². The number of rotatable bonds is 6. The molecule has 1 aliphatic rings. The van der Waals surface area contributed by atoms with Crippen molar-refractivity contribution in [2.75, 3.05) is 31.6 Å². The number of carbonyl (C=O) groups excluding carboxylic acids is 2. The number of nitrogens with one attached hydrogen (secondary N) is 1. The molecule has 2 heterocycles. The van der Waals surface area contributed by atoms with Crippen LogP contribution in [0.2, 0.25) is 0 Å². The van der Waals surface area contributed by atoms with Gasteiger partial charge >= 0.3 is 5.97 Å². The van der Waals surface area contributed by atoms with Crippen LogP contribution in [-0.4, -0.2) is 55.2 Å². The number of anilines is 1. The molecular formula is C23H30N2O4S. The highest BCUT2D eigenvalue weighted by molar-refractivity contribution is 7.15. The largest absolute Gasteiger partial charge is 0.462 e. The highest BCUT2D eigenvalue weighted by atomic mass is 32.1. The van der Waals surface area contributed by atoms with Gasteiger partial charge in [0.2, 0.25) is 5.91 Å². The van der Waals surface area contributed by atoms with E-state index in [0.717, 1.165) is 22.3 Å². The zero-order chi connectivity index (χ0) is 21.8. The third-order valence-electron chi connectivity index (χ3n) is 5.06. The zero-order valence-electron chi connectivity index (χ0n) is 18.3. The number of esters is 1. The van der Waals surface area contributed by atoms with Crippen molar-refractivity contribution in [2.45, 2.75) is 46.8 Å². The maximum Gasteiger partial charge on any atom is 0.341 e. The van der Waals surface area contributed by atoms with Crippen molar-refractivity contribution in [1.82, 2.24) is 4.90 Å². The molecule has 1 N–H and O–H groups in total. The van der Waals surface area contributed by atoms with E-state index in [2.05, 4.69) is 16.3 Å². The van der Waals surface area contributed by atoms with Crippen molar-refractivity contribution >= 4 is 28.2 Å². The van der Waals surface area contributed by atoms with Gasteiger partial charge in [0.05, 0.1) is 25.4 Å². The van der Waals surface area contributed by atoms with E-state index in [1.165, 1.54) is 11.3 Å². The molecule has 0 unspecified atom stereocenters. The predicted octanol–water partition coefficient (Wildman–Crippen LogP) is 4.26. The second-order valence-corrected chi connectivity index (χ2v) is 8.77. The van der Waals surface area contributed by atoms with Crippen molar-refractivity contribution in [1.29, 1.82) is 0 Å². The van der Waals surface area contributed by atoms with Crippen molar-refractivity contribution < 1.29 is 19.1 Å². The molecule has 0 aliphatic carbocycles. The second-order valence-electron chi connectivity index (χ2n) is 7.89. The molecule has 1 aromatic heterocycles. The molecule has 0 spiro atoms. The monoisotopic (exact) mass is 430 g/mol. The number of hydrogen-bond donors (Lipinski definition) is 1. The minimum Gasteiger partial charge on any atom is -0.462 e. The maximum atomic E-state index is 12.8. The molecule has 3 rings (SSSR count). The van der Waals surface area contributed by atoms with Crippen LogP contribution in [-0.2, 0) is 14.3 Å². The highest BCUT2D eigenvalue weighted by Crippen LogP contribution is 2.38. The summed E-state index contributed by atoms with van der Waals surface area (Å²) in [5, 5.41) is 5.39. The van der Waals surface area contributed by atoms with Crippen LogP contribution in [0.1, 0.15) is 42.3 Å². The first-order valence-electron chi connectivity index (χ1n) is 10.3. The molecule has 30 heavy (non-hydrogen) atoms. The van der Waals surface area contributed by atoms with Crippen LogP contribution in [0.25, 0.3) is 11.1 Å². The lowest BCUT2D eigenvalue weighted by Crippen LogP contribution is -2.48. The van der Waals surface area contributed by atoms with Crippen molar-refractivity contribution in [3.63, 3.8) is 0 Å². The van der Waals surface area contributed by atoms with Crippen LogP contribution in [0.5, 0.6) is 0 Å². The summed E-state index contributed by atoms with van der Waals surface area (Å²) in [6.45, 7) is 11.8. The lowest BCUT2D eigenvalue weighted by molar-refractivity contribution is -0.121. The normalized spacial score (nSPS) is 19.5. The van der Waals surface area contributed by atoms with E-state index < -0.39 is 5.97 Å². The first-order valence-corrected chi connectivity index (χ1v) is 11.2. The van der Waals surface area contributed by atoms with E-state index in [9.17, 15) is 9.59 Å². The fraction of sp³-hybridized carbons (Fsp3) is 0.478. The van der Waals surface area contributed by atoms with Crippen LogP contribution in [0.3, 0.4) is 0 Å². The van der Waals surface area contributed by atoms with Crippen LogP contribution in [0.15, 0.2) is 23.6 Å². The molecule has 1 saturated heterocycles. The number of benzene rings is 1. The number of carbonyl (C=O) groups is 2. The first-order chi connectivity index (χ1) is 14.3. The van der Waals surface area contributed by atoms with E-state index in [4.69, 9.17) is 9.47 Å². The summed E-state index contributed by atoms with van der Waals surface area (Å²) in [6.07, 6.45) is 0.184. The number of aryl methyl sites for hydroxylation is 2. The van der Waals surface area contributed by atoms with E-state index >= 15 is 0 Å². The lowest BCUT2D eigenvalue weighted by Gasteiger charge is -2.34. The average Bonchev–Trinajstić information content (AvgIpc) is 3.04. The Bertz CT molecular complexity index is 914. The topological polar surface area (TPSA) is 67.9 Å². The minimum absolute atomic E-state index is 0.0921. The molecule has 1 fully saturated rings. The lowest BCUT2D eigenvalue weighted by atomic mass is 9.97. The summed E-state index contributed by atoms with van der Waals surface area (Å²) in [5.41, 5.74) is 4.42. The molecule has 0 bridgehead atoms. The summed E-state index contributed by atoms with van der Waals surface area (Å²) >= 11 is 1.35. The Morgan fingerprint density at radius 3 is 2.53 bits per heavy atom. The Hall–Kier alpha value is -2.22. The summed E-state index contributed by atoms with van der Waals surface area (Å²) in [4.78, 5) is 27.6. The van der Waals surface area contributed by atoms with Gasteiger partial charge in [0.1, 0.15) is 10.6 Å². The molecule has 1 aliphatic heterocycles. The first kappa shape index (κ1) is 22.5. The SMILES string of the molecule is CCOC(=O)c1c(-c2ccc(C)cc2C)csc1NC(=O)CN1C[C@@H](C)O[C@H](C)C1. The van der Waals surface area contributed by atoms with Gasteiger partial charge in [-0.2, -0.15) is 0 Å². The Labute approximate surface area is 182 Å². The smallest absolute Gasteiger partial charge is 0.341 e.